The van der Waals surface area contributed by atoms with E-state index in [1.54, 1.807) is 0 Å². The van der Waals surface area contributed by atoms with Gasteiger partial charge in [-0.15, -0.1) is 11.6 Å². The van der Waals surface area contributed by atoms with Crippen molar-refractivity contribution >= 4 is 17.5 Å². The second-order valence-corrected chi connectivity index (χ2v) is 5.96. The van der Waals surface area contributed by atoms with E-state index in [0.29, 0.717) is 23.7 Å². The minimum absolute atomic E-state index is 0.279. The van der Waals surface area contributed by atoms with Gasteiger partial charge in [0.05, 0.1) is 0 Å². The van der Waals surface area contributed by atoms with Gasteiger partial charge in [-0.3, -0.25) is 4.79 Å². The predicted octanol–water partition coefficient (Wildman–Crippen LogP) is 3.48. The molecule has 2 nitrogen and oxygen atoms in total. The quantitative estimate of drug-likeness (QED) is 0.771. The average Bonchev–Trinajstić information content (AvgIpc) is 2.40. The van der Waals surface area contributed by atoms with Crippen LogP contribution in [-0.4, -0.2) is 17.8 Å². The number of nitrogens with one attached hydrogen (secondary N) is 1. The lowest BCUT2D eigenvalue weighted by Gasteiger charge is -2.32. The molecular formula is C14H24ClNO. The molecule has 2 atom stereocenters. The molecular weight excluding hydrogens is 234 g/mol. The van der Waals surface area contributed by atoms with Crippen molar-refractivity contribution < 1.29 is 4.79 Å². The second kappa shape index (κ2) is 6.63. The van der Waals surface area contributed by atoms with E-state index in [-0.39, 0.29) is 5.92 Å². The van der Waals surface area contributed by atoms with Crippen LogP contribution in [0, 0.1) is 11.8 Å². The fraction of sp³-hybridized carbons (Fsp3) is 0.929. The van der Waals surface area contributed by atoms with Crippen molar-refractivity contribution in [3.8, 4) is 0 Å². The molecule has 0 bridgehead atoms. The molecule has 3 heteroatoms. The summed E-state index contributed by atoms with van der Waals surface area (Å²) >= 11 is 5.99. The lowest BCUT2D eigenvalue weighted by molar-refractivity contribution is -0.127. The lowest BCUT2D eigenvalue weighted by Crippen LogP contribution is -2.45. The SMILES string of the molecule is O=C(NC1CCCCC1CCl)C1CCCCC1. The first-order valence-electron chi connectivity index (χ1n) is 7.17. The van der Waals surface area contributed by atoms with Crippen molar-refractivity contribution in [1.29, 1.82) is 0 Å². The summed E-state index contributed by atoms with van der Waals surface area (Å²) in [6, 6.07) is 0.343. The zero-order valence-corrected chi connectivity index (χ0v) is 11.3. The van der Waals surface area contributed by atoms with Gasteiger partial charge in [-0.05, 0) is 31.6 Å². The van der Waals surface area contributed by atoms with E-state index in [4.69, 9.17) is 11.6 Å². The van der Waals surface area contributed by atoms with Crippen LogP contribution in [0.4, 0.5) is 0 Å². The first kappa shape index (κ1) is 13.2. The van der Waals surface area contributed by atoms with Crippen molar-refractivity contribution in [1.82, 2.24) is 5.32 Å². The molecule has 0 heterocycles. The van der Waals surface area contributed by atoms with Gasteiger partial charge in [-0.2, -0.15) is 0 Å². The second-order valence-electron chi connectivity index (χ2n) is 5.65. The molecule has 0 spiro atoms. The molecule has 2 fully saturated rings. The van der Waals surface area contributed by atoms with Gasteiger partial charge in [0, 0.05) is 17.8 Å². The van der Waals surface area contributed by atoms with E-state index in [9.17, 15) is 4.79 Å². The van der Waals surface area contributed by atoms with E-state index in [0.717, 1.165) is 19.3 Å². The highest BCUT2D eigenvalue weighted by atomic mass is 35.5. The van der Waals surface area contributed by atoms with Gasteiger partial charge in [0.1, 0.15) is 0 Å². The van der Waals surface area contributed by atoms with Crippen molar-refractivity contribution in [2.75, 3.05) is 5.88 Å². The molecule has 2 aliphatic rings. The molecule has 0 aliphatic heterocycles. The molecule has 2 rings (SSSR count). The Morgan fingerprint density at radius 2 is 1.65 bits per heavy atom. The van der Waals surface area contributed by atoms with Crippen LogP contribution < -0.4 is 5.32 Å². The first-order valence-corrected chi connectivity index (χ1v) is 7.71. The molecule has 0 saturated heterocycles. The largest absolute Gasteiger partial charge is 0.353 e. The van der Waals surface area contributed by atoms with Crippen molar-refractivity contribution in [3.63, 3.8) is 0 Å². The number of hydrogen-bond acceptors (Lipinski definition) is 1. The Morgan fingerprint density at radius 1 is 1.00 bits per heavy atom. The monoisotopic (exact) mass is 257 g/mol. The Balaban J connectivity index is 1.83. The Morgan fingerprint density at radius 3 is 2.35 bits per heavy atom. The normalized spacial score (nSPS) is 31.1. The van der Waals surface area contributed by atoms with Crippen LogP contribution in [-0.2, 0) is 4.79 Å². The van der Waals surface area contributed by atoms with Crippen LogP contribution in [0.5, 0.6) is 0 Å². The maximum Gasteiger partial charge on any atom is 0.223 e. The van der Waals surface area contributed by atoms with Crippen LogP contribution in [0.3, 0.4) is 0 Å². The van der Waals surface area contributed by atoms with Gasteiger partial charge in [0.2, 0.25) is 5.91 Å². The van der Waals surface area contributed by atoms with Gasteiger partial charge in [-0.1, -0.05) is 32.1 Å². The van der Waals surface area contributed by atoms with Gasteiger partial charge in [-0.25, -0.2) is 0 Å². The van der Waals surface area contributed by atoms with Gasteiger partial charge >= 0.3 is 0 Å². The third kappa shape index (κ3) is 3.61. The Labute approximate surface area is 109 Å². The number of rotatable bonds is 3. The topological polar surface area (TPSA) is 29.1 Å². The number of carbonyl (C=O) groups excluding carboxylic acids is 1. The maximum atomic E-state index is 12.2. The molecule has 17 heavy (non-hydrogen) atoms. The maximum absolute atomic E-state index is 12.2. The summed E-state index contributed by atoms with van der Waals surface area (Å²) in [5.41, 5.74) is 0. The molecule has 0 aromatic heterocycles. The number of carbonyl (C=O) groups is 1. The Kier molecular flexibility index (Phi) is 5.15. The summed E-state index contributed by atoms with van der Waals surface area (Å²) in [4.78, 5) is 12.2. The van der Waals surface area contributed by atoms with Gasteiger partial charge < -0.3 is 5.32 Å². The summed E-state index contributed by atoms with van der Waals surface area (Å²) in [6.45, 7) is 0. The zero-order valence-electron chi connectivity index (χ0n) is 10.6. The minimum atomic E-state index is 0.279. The highest BCUT2D eigenvalue weighted by Gasteiger charge is 2.28. The van der Waals surface area contributed by atoms with E-state index in [1.165, 1.54) is 38.5 Å². The van der Waals surface area contributed by atoms with Gasteiger partial charge in [0.25, 0.3) is 0 Å². The number of halogens is 1. The molecule has 2 saturated carbocycles. The molecule has 98 valence electrons. The third-order valence-electron chi connectivity index (χ3n) is 4.41. The summed E-state index contributed by atoms with van der Waals surface area (Å²) in [5, 5.41) is 3.27. The molecule has 1 amide bonds. The van der Waals surface area contributed by atoms with Gasteiger partial charge in [0.15, 0.2) is 0 Å². The fourth-order valence-corrected chi connectivity index (χ4v) is 3.62. The van der Waals surface area contributed by atoms with Crippen molar-refractivity contribution in [3.05, 3.63) is 0 Å². The van der Waals surface area contributed by atoms with Crippen LogP contribution in [0.15, 0.2) is 0 Å². The van der Waals surface area contributed by atoms with Crippen molar-refractivity contribution in [2.45, 2.75) is 63.8 Å². The van der Waals surface area contributed by atoms with Crippen molar-refractivity contribution in [2.24, 2.45) is 11.8 Å². The van der Waals surface area contributed by atoms with E-state index < -0.39 is 0 Å². The summed E-state index contributed by atoms with van der Waals surface area (Å²) in [5.74, 6) is 1.77. The fourth-order valence-electron chi connectivity index (χ4n) is 3.25. The number of hydrogen-bond donors (Lipinski definition) is 1. The zero-order chi connectivity index (χ0) is 12.1. The molecule has 2 unspecified atom stereocenters. The Bertz CT molecular complexity index is 251. The molecule has 0 aromatic rings. The number of amides is 1. The third-order valence-corrected chi connectivity index (χ3v) is 4.81. The van der Waals surface area contributed by atoms with E-state index in [1.807, 2.05) is 0 Å². The first-order chi connectivity index (χ1) is 8.31. The van der Waals surface area contributed by atoms with Crippen LogP contribution in [0.2, 0.25) is 0 Å². The van der Waals surface area contributed by atoms with E-state index >= 15 is 0 Å². The van der Waals surface area contributed by atoms with Crippen LogP contribution >= 0.6 is 11.6 Å². The highest BCUT2D eigenvalue weighted by Crippen LogP contribution is 2.28. The lowest BCUT2D eigenvalue weighted by atomic mass is 9.84. The van der Waals surface area contributed by atoms with Crippen LogP contribution in [0.25, 0.3) is 0 Å². The minimum Gasteiger partial charge on any atom is -0.353 e. The average molecular weight is 258 g/mol. The smallest absolute Gasteiger partial charge is 0.223 e. The Hall–Kier alpha value is -0.240. The summed E-state index contributed by atoms with van der Waals surface area (Å²) < 4.78 is 0. The standard InChI is InChI=1S/C14H24ClNO/c15-10-12-8-4-5-9-13(12)16-14(17)11-6-2-1-3-7-11/h11-13H,1-10H2,(H,16,17). The van der Waals surface area contributed by atoms with Crippen LogP contribution in [0.1, 0.15) is 57.8 Å². The molecule has 2 aliphatic carbocycles. The summed E-state index contributed by atoms with van der Waals surface area (Å²) in [7, 11) is 0. The van der Waals surface area contributed by atoms with E-state index in [2.05, 4.69) is 5.32 Å². The molecule has 0 aromatic carbocycles. The molecule has 1 N–H and O–H groups in total. The predicted molar refractivity (Wildman–Crippen MR) is 71.2 cm³/mol. The molecule has 0 radical (unpaired) electrons. The number of alkyl halides is 1. The summed E-state index contributed by atoms with van der Waals surface area (Å²) in [6.07, 6.45) is 10.7. The highest BCUT2D eigenvalue weighted by molar-refractivity contribution is 6.18.